The van der Waals surface area contributed by atoms with Crippen LogP contribution in [0.1, 0.15) is 31.9 Å². The zero-order valence-electron chi connectivity index (χ0n) is 11.3. The number of rotatable bonds is 6. The van der Waals surface area contributed by atoms with Gasteiger partial charge in [-0.3, -0.25) is 4.79 Å². The first-order valence-electron chi connectivity index (χ1n) is 6.20. The van der Waals surface area contributed by atoms with Gasteiger partial charge in [-0.05, 0) is 25.0 Å². The fourth-order valence-electron chi connectivity index (χ4n) is 1.80. The number of halogens is 2. The maximum atomic E-state index is 11.7. The van der Waals surface area contributed by atoms with Crippen molar-refractivity contribution in [1.82, 2.24) is 5.32 Å². The Morgan fingerprint density at radius 3 is 2.60 bits per heavy atom. The maximum absolute atomic E-state index is 11.7. The molecule has 0 saturated heterocycles. The smallest absolute Gasteiger partial charge is 0.235 e. The summed E-state index contributed by atoms with van der Waals surface area (Å²) in [6.07, 6.45) is 0.491. The molecule has 0 saturated carbocycles. The number of nitrogens with one attached hydrogen (secondary N) is 1. The summed E-state index contributed by atoms with van der Waals surface area (Å²) in [6, 6.07) is 4.69. The number of amides is 1. The van der Waals surface area contributed by atoms with Crippen LogP contribution in [0.15, 0.2) is 18.2 Å². The van der Waals surface area contributed by atoms with Gasteiger partial charge in [-0.25, -0.2) is 8.42 Å². The lowest BCUT2D eigenvalue weighted by Crippen LogP contribution is -2.33. The van der Waals surface area contributed by atoms with E-state index in [0.717, 1.165) is 0 Å². The molecule has 112 valence electrons. The summed E-state index contributed by atoms with van der Waals surface area (Å²) in [5, 5.41) is 3.37. The molecular formula is C13H17Cl2NO3S. The van der Waals surface area contributed by atoms with Crippen LogP contribution in [0.3, 0.4) is 0 Å². The van der Waals surface area contributed by atoms with Crippen LogP contribution in [0.4, 0.5) is 0 Å². The van der Waals surface area contributed by atoms with Gasteiger partial charge in [-0.2, -0.15) is 0 Å². The van der Waals surface area contributed by atoms with E-state index < -0.39 is 27.5 Å². The lowest BCUT2D eigenvalue weighted by atomic mass is 10.1. The lowest BCUT2D eigenvalue weighted by Gasteiger charge is -2.16. The van der Waals surface area contributed by atoms with E-state index in [2.05, 4.69) is 5.32 Å². The number of benzene rings is 1. The molecule has 0 heterocycles. The summed E-state index contributed by atoms with van der Waals surface area (Å²) in [7, 11) is -3.35. The molecule has 0 fully saturated rings. The van der Waals surface area contributed by atoms with Crippen LogP contribution in [-0.4, -0.2) is 25.8 Å². The highest BCUT2D eigenvalue weighted by molar-refractivity contribution is 7.92. The molecule has 1 atom stereocenters. The van der Waals surface area contributed by atoms with E-state index in [9.17, 15) is 13.2 Å². The van der Waals surface area contributed by atoms with Gasteiger partial charge in [0.25, 0.3) is 0 Å². The number of carbonyl (C=O) groups is 1. The zero-order chi connectivity index (χ0) is 15.3. The normalized spacial score (nSPS) is 13.0. The minimum Gasteiger partial charge on any atom is -0.349 e. The fraction of sp³-hybridized carbons (Fsp3) is 0.462. The van der Waals surface area contributed by atoms with Crippen LogP contribution >= 0.6 is 23.2 Å². The molecule has 0 radical (unpaired) electrons. The molecule has 7 heteroatoms. The van der Waals surface area contributed by atoms with Crippen LogP contribution in [-0.2, 0) is 14.6 Å². The van der Waals surface area contributed by atoms with Gasteiger partial charge < -0.3 is 5.32 Å². The van der Waals surface area contributed by atoms with E-state index >= 15 is 0 Å². The van der Waals surface area contributed by atoms with E-state index in [1.165, 1.54) is 0 Å². The van der Waals surface area contributed by atoms with Crippen molar-refractivity contribution in [3.05, 3.63) is 33.8 Å². The second kappa shape index (κ2) is 7.29. The van der Waals surface area contributed by atoms with E-state index in [-0.39, 0.29) is 5.75 Å². The third-order valence-corrected chi connectivity index (χ3v) is 5.26. The number of hydrogen-bond donors (Lipinski definition) is 1. The van der Waals surface area contributed by atoms with Crippen molar-refractivity contribution < 1.29 is 13.2 Å². The van der Waals surface area contributed by atoms with Crippen molar-refractivity contribution in [3.8, 4) is 0 Å². The van der Waals surface area contributed by atoms with Crippen molar-refractivity contribution in [2.75, 3.05) is 11.5 Å². The second-order valence-electron chi connectivity index (χ2n) is 4.52. The Morgan fingerprint density at radius 2 is 2.00 bits per heavy atom. The second-order valence-corrected chi connectivity index (χ2v) is 7.49. The molecule has 0 bridgehead atoms. The third-order valence-electron chi connectivity index (χ3n) is 2.69. The Balaban J connectivity index is 2.74. The highest BCUT2D eigenvalue weighted by atomic mass is 35.5. The Morgan fingerprint density at radius 1 is 1.35 bits per heavy atom. The Labute approximate surface area is 129 Å². The van der Waals surface area contributed by atoms with E-state index in [0.29, 0.717) is 22.0 Å². The first-order chi connectivity index (χ1) is 9.26. The molecule has 20 heavy (non-hydrogen) atoms. The van der Waals surface area contributed by atoms with Gasteiger partial charge in [0.05, 0.1) is 21.8 Å². The monoisotopic (exact) mass is 337 g/mol. The molecule has 0 aromatic heterocycles. The zero-order valence-corrected chi connectivity index (χ0v) is 13.6. The van der Waals surface area contributed by atoms with Crippen molar-refractivity contribution in [2.24, 2.45) is 0 Å². The van der Waals surface area contributed by atoms with Crippen LogP contribution < -0.4 is 5.32 Å². The summed E-state index contributed by atoms with van der Waals surface area (Å²) >= 11 is 12.0. The highest BCUT2D eigenvalue weighted by Crippen LogP contribution is 2.29. The lowest BCUT2D eigenvalue weighted by molar-refractivity contribution is -0.119. The van der Waals surface area contributed by atoms with Gasteiger partial charge in [0.1, 0.15) is 5.75 Å². The number of carbonyl (C=O) groups excluding carboxylic acids is 1. The van der Waals surface area contributed by atoms with Gasteiger partial charge in [-0.1, -0.05) is 42.3 Å². The Hall–Kier alpha value is -0.780. The summed E-state index contributed by atoms with van der Waals surface area (Å²) in [5.74, 6) is -1.04. The van der Waals surface area contributed by atoms with Crippen LogP contribution in [0.5, 0.6) is 0 Å². The number of hydrogen-bond acceptors (Lipinski definition) is 3. The van der Waals surface area contributed by atoms with Crippen molar-refractivity contribution in [1.29, 1.82) is 0 Å². The van der Waals surface area contributed by atoms with Crippen molar-refractivity contribution in [3.63, 3.8) is 0 Å². The minimum atomic E-state index is -3.35. The summed E-state index contributed by atoms with van der Waals surface area (Å²) in [5.41, 5.74) is 0.653. The standard InChI is InChI=1S/C13H17Cl2NO3S/c1-3-7-20(18,19)8-12(17)16-9(2)10-5-4-6-11(14)13(10)15/h4-6,9H,3,7-8H2,1-2H3,(H,16,17)/t9-/m1/s1. The first-order valence-corrected chi connectivity index (χ1v) is 8.78. The van der Waals surface area contributed by atoms with Gasteiger partial charge in [0, 0.05) is 0 Å². The largest absolute Gasteiger partial charge is 0.349 e. The summed E-state index contributed by atoms with van der Waals surface area (Å²) < 4.78 is 23.1. The molecule has 1 N–H and O–H groups in total. The molecule has 4 nitrogen and oxygen atoms in total. The van der Waals surface area contributed by atoms with Gasteiger partial charge in [0.15, 0.2) is 9.84 Å². The summed E-state index contributed by atoms with van der Waals surface area (Å²) in [4.78, 5) is 11.7. The van der Waals surface area contributed by atoms with Gasteiger partial charge in [0.2, 0.25) is 5.91 Å². The Kier molecular flexibility index (Phi) is 6.30. The molecule has 1 amide bonds. The molecule has 0 unspecified atom stereocenters. The third kappa shape index (κ3) is 4.96. The maximum Gasteiger partial charge on any atom is 0.235 e. The SMILES string of the molecule is CCCS(=O)(=O)CC(=O)N[C@H](C)c1cccc(Cl)c1Cl. The van der Waals surface area contributed by atoms with E-state index in [1.54, 1.807) is 32.0 Å². The number of sulfone groups is 1. The topological polar surface area (TPSA) is 63.2 Å². The first kappa shape index (κ1) is 17.3. The van der Waals surface area contributed by atoms with Crippen LogP contribution in [0.2, 0.25) is 10.0 Å². The van der Waals surface area contributed by atoms with E-state index in [1.807, 2.05) is 0 Å². The molecule has 0 aliphatic carbocycles. The minimum absolute atomic E-state index is 0.00667. The quantitative estimate of drug-likeness (QED) is 0.867. The average molecular weight is 338 g/mol. The molecule has 0 spiro atoms. The Bertz CT molecular complexity index is 587. The van der Waals surface area contributed by atoms with Gasteiger partial charge in [-0.15, -0.1) is 0 Å². The van der Waals surface area contributed by atoms with Crippen molar-refractivity contribution >= 4 is 38.9 Å². The van der Waals surface area contributed by atoms with Crippen molar-refractivity contribution in [2.45, 2.75) is 26.3 Å². The highest BCUT2D eigenvalue weighted by Gasteiger charge is 2.19. The average Bonchev–Trinajstić information content (AvgIpc) is 2.31. The van der Waals surface area contributed by atoms with E-state index in [4.69, 9.17) is 23.2 Å². The predicted molar refractivity (Wildman–Crippen MR) is 82.0 cm³/mol. The molecule has 0 aliphatic rings. The molecular weight excluding hydrogens is 321 g/mol. The van der Waals surface area contributed by atoms with Crippen LogP contribution in [0.25, 0.3) is 0 Å². The van der Waals surface area contributed by atoms with Gasteiger partial charge >= 0.3 is 0 Å². The predicted octanol–water partition coefficient (Wildman–Crippen LogP) is 3.00. The fourth-order valence-corrected chi connectivity index (χ4v) is 3.52. The molecule has 0 aliphatic heterocycles. The molecule has 1 aromatic carbocycles. The summed E-state index contributed by atoms with van der Waals surface area (Å²) in [6.45, 7) is 3.48. The van der Waals surface area contributed by atoms with Crippen LogP contribution in [0, 0.1) is 0 Å². The molecule has 1 aromatic rings. The molecule has 1 rings (SSSR count).